The van der Waals surface area contributed by atoms with Crippen molar-refractivity contribution < 1.29 is 14.0 Å². The normalized spacial score (nSPS) is 20.5. The molecule has 7 nitrogen and oxygen atoms in total. The second-order valence-corrected chi connectivity index (χ2v) is 9.27. The van der Waals surface area contributed by atoms with Crippen molar-refractivity contribution in [2.24, 2.45) is 5.92 Å². The van der Waals surface area contributed by atoms with Gasteiger partial charge in [-0.25, -0.2) is 0 Å². The molecule has 0 saturated carbocycles. The van der Waals surface area contributed by atoms with Crippen LogP contribution in [-0.4, -0.2) is 57.1 Å². The number of fused-ring (bicyclic) bond motifs is 1. The van der Waals surface area contributed by atoms with Crippen LogP contribution in [0.1, 0.15) is 57.1 Å². The van der Waals surface area contributed by atoms with Gasteiger partial charge < -0.3 is 14.2 Å². The lowest BCUT2D eigenvalue weighted by molar-refractivity contribution is 0.0187. The van der Waals surface area contributed by atoms with E-state index in [2.05, 4.69) is 11.2 Å². The quantitative estimate of drug-likeness (QED) is 0.609. The number of carbonyl (C=O) groups excluding carboxylic acids is 2. The zero-order chi connectivity index (χ0) is 22.9. The molecule has 5 rings (SSSR count). The van der Waals surface area contributed by atoms with Crippen molar-refractivity contribution in [3.8, 4) is 0 Å². The summed E-state index contributed by atoms with van der Waals surface area (Å²) in [7, 11) is 0. The molecule has 0 radical (unpaired) electrons. The van der Waals surface area contributed by atoms with Gasteiger partial charge in [-0.1, -0.05) is 12.1 Å². The number of piperidine rings is 2. The summed E-state index contributed by atoms with van der Waals surface area (Å²) in [6.45, 7) is 6.77. The Labute approximate surface area is 194 Å². The molecule has 2 aliphatic rings. The molecule has 2 atom stereocenters. The van der Waals surface area contributed by atoms with Crippen molar-refractivity contribution in [3.63, 3.8) is 0 Å². The number of nitrogens with zero attached hydrogens (tertiary/aromatic N) is 4. The summed E-state index contributed by atoms with van der Waals surface area (Å²) >= 11 is 0. The second-order valence-electron chi connectivity index (χ2n) is 9.27. The molecule has 0 bridgehead atoms. The van der Waals surface area contributed by atoms with Crippen molar-refractivity contribution in [1.29, 1.82) is 0 Å². The largest absolute Gasteiger partial charge is 0.459 e. The van der Waals surface area contributed by atoms with Crippen LogP contribution in [0.5, 0.6) is 0 Å². The first-order valence-electron chi connectivity index (χ1n) is 11.7. The Morgan fingerprint density at radius 3 is 2.70 bits per heavy atom. The van der Waals surface area contributed by atoms with Crippen LogP contribution in [-0.2, 0) is 6.54 Å². The summed E-state index contributed by atoms with van der Waals surface area (Å²) < 4.78 is 7.28. The van der Waals surface area contributed by atoms with Crippen molar-refractivity contribution >= 4 is 11.8 Å². The third-order valence-corrected chi connectivity index (χ3v) is 6.96. The number of carbonyl (C=O) groups is 2. The Hall–Kier alpha value is -3.35. The van der Waals surface area contributed by atoms with Gasteiger partial charge in [-0.15, -0.1) is 0 Å². The van der Waals surface area contributed by atoms with Gasteiger partial charge in [0, 0.05) is 36.9 Å². The number of hydrogen-bond acceptors (Lipinski definition) is 4. The van der Waals surface area contributed by atoms with Gasteiger partial charge in [0.05, 0.1) is 18.5 Å². The van der Waals surface area contributed by atoms with Crippen molar-refractivity contribution in [3.05, 3.63) is 77.0 Å². The molecule has 2 aromatic heterocycles. The lowest BCUT2D eigenvalue weighted by Gasteiger charge is -2.47. The Morgan fingerprint density at radius 1 is 1.06 bits per heavy atom. The van der Waals surface area contributed by atoms with Crippen LogP contribution < -0.4 is 0 Å². The maximum Gasteiger partial charge on any atom is 0.289 e. The second kappa shape index (κ2) is 8.89. The number of aromatic nitrogens is 2. The summed E-state index contributed by atoms with van der Waals surface area (Å²) in [5.74, 6) is 0.717. The number of amides is 2. The van der Waals surface area contributed by atoms with E-state index in [-0.39, 0.29) is 17.9 Å². The highest BCUT2D eigenvalue weighted by Gasteiger charge is 2.40. The van der Waals surface area contributed by atoms with Crippen LogP contribution in [0.4, 0.5) is 0 Å². The highest BCUT2D eigenvalue weighted by Crippen LogP contribution is 2.32. The van der Waals surface area contributed by atoms with Crippen molar-refractivity contribution in [2.75, 3.05) is 19.6 Å². The van der Waals surface area contributed by atoms with E-state index >= 15 is 0 Å². The number of hydrogen-bond donors (Lipinski definition) is 0. The standard InChI is InChI=1S/C26H30N4O3/c1-18-14-19(2)30(27-18)16-20-6-3-7-21(15-20)25(31)29-11-4-8-22-17-28(12-10-23(22)29)26(32)24-9-5-13-33-24/h3,5-7,9,13-15,22-23H,4,8,10-12,16-17H2,1-2H3/t22-,23+/m1/s1. The third-order valence-electron chi connectivity index (χ3n) is 6.96. The fraction of sp³-hybridized carbons (Fsp3) is 0.423. The molecule has 2 saturated heterocycles. The molecule has 1 aromatic carbocycles. The van der Waals surface area contributed by atoms with Gasteiger partial charge in [-0.3, -0.25) is 14.3 Å². The molecule has 3 aromatic rings. The summed E-state index contributed by atoms with van der Waals surface area (Å²) in [6, 6.07) is 13.6. The zero-order valence-electron chi connectivity index (χ0n) is 19.2. The smallest absolute Gasteiger partial charge is 0.289 e. The molecule has 2 aliphatic heterocycles. The number of furan rings is 1. The fourth-order valence-corrected chi connectivity index (χ4v) is 5.37. The van der Waals surface area contributed by atoms with Crippen LogP contribution in [0.15, 0.2) is 53.1 Å². The van der Waals surface area contributed by atoms with Crippen LogP contribution in [0.25, 0.3) is 0 Å². The van der Waals surface area contributed by atoms with Gasteiger partial charge in [0.15, 0.2) is 5.76 Å². The molecule has 0 N–H and O–H groups in total. The van der Waals surface area contributed by atoms with Gasteiger partial charge in [0.2, 0.25) is 0 Å². The lowest BCUT2D eigenvalue weighted by atomic mass is 9.83. The summed E-state index contributed by atoms with van der Waals surface area (Å²) in [4.78, 5) is 30.2. The number of aryl methyl sites for hydroxylation is 2. The summed E-state index contributed by atoms with van der Waals surface area (Å²) in [6.07, 6.45) is 4.33. The number of rotatable bonds is 4. The van der Waals surface area contributed by atoms with E-state index in [1.54, 1.807) is 12.1 Å². The minimum atomic E-state index is -0.0567. The Balaban J connectivity index is 1.29. The van der Waals surface area contributed by atoms with Gasteiger partial charge in [0.25, 0.3) is 11.8 Å². The zero-order valence-corrected chi connectivity index (χ0v) is 19.2. The maximum atomic E-state index is 13.5. The van der Waals surface area contributed by atoms with Crippen LogP contribution in [0, 0.1) is 19.8 Å². The Bertz CT molecular complexity index is 1150. The number of likely N-dealkylation sites (tertiary alicyclic amines) is 2. The van der Waals surface area contributed by atoms with Crippen molar-refractivity contribution in [2.45, 2.75) is 45.7 Å². The topological polar surface area (TPSA) is 71.6 Å². The van der Waals surface area contributed by atoms with E-state index in [4.69, 9.17) is 4.42 Å². The summed E-state index contributed by atoms with van der Waals surface area (Å²) in [5.41, 5.74) is 3.90. The SMILES string of the molecule is Cc1cc(C)n(Cc2cccc(C(=O)N3CCC[C@@H]4CN(C(=O)c5ccco5)CC[C@@H]43)c2)n1. The molecule has 7 heteroatoms. The monoisotopic (exact) mass is 446 g/mol. The van der Waals surface area contributed by atoms with Gasteiger partial charge in [-0.05, 0) is 74.9 Å². The van der Waals surface area contributed by atoms with E-state index in [9.17, 15) is 9.59 Å². The van der Waals surface area contributed by atoms with Gasteiger partial charge in [0.1, 0.15) is 0 Å². The van der Waals surface area contributed by atoms with Crippen LogP contribution in [0.3, 0.4) is 0 Å². The lowest BCUT2D eigenvalue weighted by Crippen LogP contribution is -2.56. The molecular formula is C26H30N4O3. The molecule has 2 amide bonds. The summed E-state index contributed by atoms with van der Waals surface area (Å²) in [5, 5.41) is 4.55. The first-order chi connectivity index (χ1) is 16.0. The molecule has 0 unspecified atom stereocenters. The number of benzene rings is 1. The Kier molecular flexibility index (Phi) is 5.79. The van der Waals surface area contributed by atoms with E-state index in [0.29, 0.717) is 31.3 Å². The minimum Gasteiger partial charge on any atom is -0.459 e. The fourth-order valence-electron chi connectivity index (χ4n) is 5.37. The molecule has 172 valence electrons. The molecule has 33 heavy (non-hydrogen) atoms. The van der Waals surface area contributed by atoms with Crippen molar-refractivity contribution in [1.82, 2.24) is 19.6 Å². The predicted molar refractivity (Wildman–Crippen MR) is 124 cm³/mol. The van der Waals surface area contributed by atoms with E-state index in [0.717, 1.165) is 48.3 Å². The Morgan fingerprint density at radius 2 is 1.94 bits per heavy atom. The minimum absolute atomic E-state index is 0.0567. The first kappa shape index (κ1) is 21.5. The molecule has 0 spiro atoms. The highest BCUT2D eigenvalue weighted by molar-refractivity contribution is 5.95. The molecular weight excluding hydrogens is 416 g/mol. The molecule has 4 heterocycles. The maximum absolute atomic E-state index is 13.5. The van der Waals surface area contributed by atoms with Gasteiger partial charge >= 0.3 is 0 Å². The molecule has 2 fully saturated rings. The van der Waals surface area contributed by atoms with Crippen LogP contribution in [0.2, 0.25) is 0 Å². The van der Waals surface area contributed by atoms with E-state index in [1.807, 2.05) is 52.6 Å². The predicted octanol–water partition coefficient (Wildman–Crippen LogP) is 3.91. The average Bonchev–Trinajstić information content (AvgIpc) is 3.47. The highest BCUT2D eigenvalue weighted by atomic mass is 16.3. The third kappa shape index (κ3) is 4.32. The average molecular weight is 447 g/mol. The van der Waals surface area contributed by atoms with Gasteiger partial charge in [-0.2, -0.15) is 5.10 Å². The molecule has 0 aliphatic carbocycles. The first-order valence-corrected chi connectivity index (χ1v) is 11.7. The van der Waals surface area contributed by atoms with E-state index < -0.39 is 0 Å². The van der Waals surface area contributed by atoms with Crippen LogP contribution >= 0.6 is 0 Å². The van der Waals surface area contributed by atoms with E-state index in [1.165, 1.54) is 6.26 Å².